The molecule has 0 radical (unpaired) electrons. The first-order valence-corrected chi connectivity index (χ1v) is 7.02. The van der Waals surface area contributed by atoms with Crippen molar-refractivity contribution >= 4 is 5.82 Å². The Bertz CT molecular complexity index is 428. The standard InChI is InChI=1S/C14H20F3N3/c15-14(16,17)11-6-8-19-13(10-11)20(9-7-18)12-4-2-1-3-5-12/h6,8,10,12H,1-5,7,9,18H2. The number of aromatic nitrogens is 1. The van der Waals surface area contributed by atoms with E-state index in [4.69, 9.17) is 5.73 Å². The molecule has 112 valence electrons. The third-order valence-electron chi connectivity index (χ3n) is 3.75. The van der Waals surface area contributed by atoms with Crippen LogP contribution >= 0.6 is 0 Å². The Labute approximate surface area is 117 Å². The summed E-state index contributed by atoms with van der Waals surface area (Å²) in [6, 6.07) is 2.39. The molecule has 1 aliphatic carbocycles. The number of pyridine rings is 1. The van der Waals surface area contributed by atoms with E-state index in [1.54, 1.807) is 0 Å². The summed E-state index contributed by atoms with van der Waals surface area (Å²) in [6.45, 7) is 0.952. The molecule has 20 heavy (non-hydrogen) atoms. The van der Waals surface area contributed by atoms with Crippen LogP contribution in [0.15, 0.2) is 18.3 Å². The number of nitrogens with two attached hydrogens (primary N) is 1. The molecule has 1 fully saturated rings. The highest BCUT2D eigenvalue weighted by atomic mass is 19.4. The van der Waals surface area contributed by atoms with Gasteiger partial charge in [-0.15, -0.1) is 0 Å². The van der Waals surface area contributed by atoms with Gasteiger partial charge in [0, 0.05) is 25.3 Å². The predicted octanol–water partition coefficient (Wildman–Crippen LogP) is 3.20. The zero-order valence-corrected chi connectivity index (χ0v) is 11.4. The number of halogens is 3. The molecule has 1 aliphatic rings. The van der Waals surface area contributed by atoms with Crippen molar-refractivity contribution in [2.24, 2.45) is 5.73 Å². The highest BCUT2D eigenvalue weighted by Gasteiger charge is 2.32. The fourth-order valence-electron chi connectivity index (χ4n) is 2.77. The van der Waals surface area contributed by atoms with Crippen LogP contribution in [0.4, 0.5) is 19.0 Å². The zero-order valence-electron chi connectivity index (χ0n) is 11.4. The van der Waals surface area contributed by atoms with E-state index in [-0.39, 0.29) is 6.04 Å². The summed E-state index contributed by atoms with van der Waals surface area (Å²) < 4.78 is 38.4. The molecule has 0 bridgehead atoms. The van der Waals surface area contributed by atoms with Crippen LogP contribution < -0.4 is 10.6 Å². The molecule has 0 unspecified atom stereocenters. The quantitative estimate of drug-likeness (QED) is 0.924. The van der Waals surface area contributed by atoms with Crippen LogP contribution in [-0.2, 0) is 6.18 Å². The Morgan fingerprint density at radius 3 is 2.55 bits per heavy atom. The minimum atomic E-state index is -4.33. The second-order valence-corrected chi connectivity index (χ2v) is 5.17. The van der Waals surface area contributed by atoms with E-state index in [1.807, 2.05) is 4.90 Å². The molecular formula is C14H20F3N3. The van der Waals surface area contributed by atoms with Crippen molar-refractivity contribution in [1.82, 2.24) is 4.98 Å². The number of nitrogens with zero attached hydrogens (tertiary/aromatic N) is 2. The molecule has 1 aromatic heterocycles. The number of hydrogen-bond donors (Lipinski definition) is 1. The number of anilines is 1. The molecule has 1 heterocycles. The largest absolute Gasteiger partial charge is 0.416 e. The predicted molar refractivity (Wildman–Crippen MR) is 72.5 cm³/mol. The van der Waals surface area contributed by atoms with E-state index in [9.17, 15) is 13.2 Å². The maximum Gasteiger partial charge on any atom is 0.416 e. The molecule has 0 aromatic carbocycles. The van der Waals surface area contributed by atoms with Gasteiger partial charge in [0.1, 0.15) is 5.82 Å². The molecule has 1 aromatic rings. The SMILES string of the molecule is NCCN(c1cc(C(F)(F)F)ccn1)C1CCCCC1. The third kappa shape index (κ3) is 3.62. The average Bonchev–Trinajstić information content (AvgIpc) is 2.45. The van der Waals surface area contributed by atoms with Gasteiger partial charge in [0.15, 0.2) is 0 Å². The molecule has 2 N–H and O–H groups in total. The van der Waals surface area contributed by atoms with Gasteiger partial charge in [-0.05, 0) is 25.0 Å². The van der Waals surface area contributed by atoms with Gasteiger partial charge in [0.05, 0.1) is 5.56 Å². The first-order valence-electron chi connectivity index (χ1n) is 7.02. The van der Waals surface area contributed by atoms with E-state index in [0.717, 1.165) is 37.8 Å². The Kier molecular flexibility index (Phi) is 4.86. The molecule has 0 spiro atoms. The van der Waals surface area contributed by atoms with Gasteiger partial charge in [-0.25, -0.2) is 4.98 Å². The van der Waals surface area contributed by atoms with Crippen LogP contribution in [0.3, 0.4) is 0 Å². The van der Waals surface area contributed by atoms with Crippen LogP contribution in [-0.4, -0.2) is 24.1 Å². The minimum absolute atomic E-state index is 0.253. The van der Waals surface area contributed by atoms with E-state index >= 15 is 0 Å². The summed E-state index contributed by atoms with van der Waals surface area (Å²) in [5.41, 5.74) is 4.95. The van der Waals surface area contributed by atoms with Crippen LogP contribution in [0.25, 0.3) is 0 Å². The van der Waals surface area contributed by atoms with E-state index in [0.29, 0.717) is 18.9 Å². The summed E-state index contributed by atoms with van der Waals surface area (Å²) >= 11 is 0. The Morgan fingerprint density at radius 1 is 1.25 bits per heavy atom. The normalized spacial score (nSPS) is 17.2. The number of rotatable bonds is 4. The maximum atomic E-state index is 12.8. The lowest BCUT2D eigenvalue weighted by molar-refractivity contribution is -0.137. The second kappa shape index (κ2) is 6.43. The second-order valence-electron chi connectivity index (χ2n) is 5.17. The number of hydrogen-bond acceptors (Lipinski definition) is 3. The van der Waals surface area contributed by atoms with E-state index in [1.165, 1.54) is 12.6 Å². The van der Waals surface area contributed by atoms with Crippen LogP contribution in [0.5, 0.6) is 0 Å². The molecule has 0 atom stereocenters. The van der Waals surface area contributed by atoms with Gasteiger partial charge in [-0.2, -0.15) is 13.2 Å². The summed E-state index contributed by atoms with van der Waals surface area (Å²) in [5, 5.41) is 0. The maximum absolute atomic E-state index is 12.8. The Balaban J connectivity index is 2.24. The molecule has 2 rings (SSSR count). The van der Waals surface area contributed by atoms with Crippen molar-refractivity contribution < 1.29 is 13.2 Å². The minimum Gasteiger partial charge on any atom is -0.352 e. The van der Waals surface area contributed by atoms with Crippen molar-refractivity contribution in [3.05, 3.63) is 23.9 Å². The Morgan fingerprint density at radius 2 is 1.95 bits per heavy atom. The smallest absolute Gasteiger partial charge is 0.352 e. The molecule has 0 aliphatic heterocycles. The molecule has 6 heteroatoms. The van der Waals surface area contributed by atoms with Gasteiger partial charge in [-0.3, -0.25) is 0 Å². The first kappa shape index (κ1) is 15.1. The lowest BCUT2D eigenvalue weighted by Gasteiger charge is -2.35. The molecule has 1 saturated carbocycles. The molecular weight excluding hydrogens is 267 g/mol. The molecule has 0 saturated heterocycles. The lowest BCUT2D eigenvalue weighted by Crippen LogP contribution is -2.40. The zero-order chi connectivity index (χ0) is 14.6. The fraction of sp³-hybridized carbons (Fsp3) is 0.643. The number of alkyl halides is 3. The monoisotopic (exact) mass is 287 g/mol. The van der Waals surface area contributed by atoms with Crippen LogP contribution in [0.1, 0.15) is 37.7 Å². The molecule has 0 amide bonds. The van der Waals surface area contributed by atoms with E-state index in [2.05, 4.69) is 4.98 Å². The first-order chi connectivity index (χ1) is 9.52. The van der Waals surface area contributed by atoms with Crippen molar-refractivity contribution in [2.75, 3.05) is 18.0 Å². The van der Waals surface area contributed by atoms with E-state index < -0.39 is 11.7 Å². The van der Waals surface area contributed by atoms with Crippen LogP contribution in [0, 0.1) is 0 Å². The lowest BCUT2D eigenvalue weighted by atomic mass is 9.94. The summed E-state index contributed by atoms with van der Waals surface area (Å²) in [7, 11) is 0. The topological polar surface area (TPSA) is 42.1 Å². The average molecular weight is 287 g/mol. The highest BCUT2D eigenvalue weighted by Crippen LogP contribution is 2.32. The van der Waals surface area contributed by atoms with Gasteiger partial charge in [-0.1, -0.05) is 19.3 Å². The van der Waals surface area contributed by atoms with Crippen LogP contribution in [0.2, 0.25) is 0 Å². The van der Waals surface area contributed by atoms with Crippen molar-refractivity contribution in [3.63, 3.8) is 0 Å². The van der Waals surface area contributed by atoms with Gasteiger partial charge < -0.3 is 10.6 Å². The highest BCUT2D eigenvalue weighted by molar-refractivity contribution is 5.43. The van der Waals surface area contributed by atoms with Gasteiger partial charge in [0.2, 0.25) is 0 Å². The van der Waals surface area contributed by atoms with Crippen molar-refractivity contribution in [3.8, 4) is 0 Å². The summed E-state index contributed by atoms with van der Waals surface area (Å²) in [5.74, 6) is 0.386. The van der Waals surface area contributed by atoms with Crippen molar-refractivity contribution in [2.45, 2.75) is 44.3 Å². The summed E-state index contributed by atoms with van der Waals surface area (Å²) in [6.07, 6.45) is 2.32. The summed E-state index contributed by atoms with van der Waals surface area (Å²) in [4.78, 5) is 6.06. The van der Waals surface area contributed by atoms with Gasteiger partial charge in [0.25, 0.3) is 0 Å². The third-order valence-corrected chi connectivity index (χ3v) is 3.75. The Hall–Kier alpha value is -1.30. The van der Waals surface area contributed by atoms with Gasteiger partial charge >= 0.3 is 6.18 Å². The van der Waals surface area contributed by atoms with Crippen molar-refractivity contribution in [1.29, 1.82) is 0 Å². The molecule has 3 nitrogen and oxygen atoms in total. The fourth-order valence-corrected chi connectivity index (χ4v) is 2.77.